The normalized spacial score (nSPS) is 28.9. The summed E-state index contributed by atoms with van der Waals surface area (Å²) in [5.74, 6) is 2.34. The Balaban J connectivity index is 1.70. The summed E-state index contributed by atoms with van der Waals surface area (Å²) in [6, 6.07) is 4.84. The molecule has 1 aromatic rings. The van der Waals surface area contributed by atoms with Crippen LogP contribution in [0.5, 0.6) is 0 Å². The Morgan fingerprint density at radius 1 is 1.26 bits per heavy atom. The maximum atomic E-state index is 13.5. The first kappa shape index (κ1) is 12.9. The summed E-state index contributed by atoms with van der Waals surface area (Å²) in [5, 5.41) is 9.15. The van der Waals surface area contributed by atoms with Crippen LogP contribution in [0, 0.1) is 23.6 Å². The summed E-state index contributed by atoms with van der Waals surface area (Å²) in [5.41, 5.74) is 1.53. The molecule has 2 nitrogen and oxygen atoms in total. The van der Waals surface area contributed by atoms with Crippen LogP contribution in [0.4, 0.5) is 10.1 Å². The van der Waals surface area contributed by atoms with Gasteiger partial charge in [-0.2, -0.15) is 0 Å². The summed E-state index contributed by atoms with van der Waals surface area (Å²) in [6.45, 7) is 0.905. The Morgan fingerprint density at radius 3 is 2.74 bits per heavy atom. The molecule has 0 radical (unpaired) electrons. The van der Waals surface area contributed by atoms with Crippen molar-refractivity contribution in [3.8, 4) is 0 Å². The van der Waals surface area contributed by atoms with Crippen molar-refractivity contribution < 1.29 is 9.50 Å². The van der Waals surface area contributed by atoms with Gasteiger partial charge in [-0.1, -0.05) is 6.42 Å². The standard InChI is InChI=1S/C16H22FNO/c1-18(9-14-5-11-2-3-13(14)4-11)16-7-12(10-19)6-15(17)8-16/h6-8,11,13-14,19H,2-5,9-10H2,1H3. The Bertz CT molecular complexity index is 462. The number of anilines is 1. The molecule has 0 amide bonds. The molecule has 2 bridgehead atoms. The molecular formula is C16H22FNO. The maximum absolute atomic E-state index is 13.5. The number of benzene rings is 1. The fourth-order valence-electron chi connectivity index (χ4n) is 4.00. The van der Waals surface area contributed by atoms with E-state index in [0.717, 1.165) is 30.0 Å². The second-order valence-corrected chi connectivity index (χ2v) is 6.29. The lowest BCUT2D eigenvalue weighted by atomic mass is 9.88. The smallest absolute Gasteiger partial charge is 0.125 e. The minimum Gasteiger partial charge on any atom is -0.392 e. The van der Waals surface area contributed by atoms with E-state index in [1.54, 1.807) is 6.07 Å². The topological polar surface area (TPSA) is 23.5 Å². The average molecular weight is 263 g/mol. The molecule has 3 rings (SSSR count). The molecule has 104 valence electrons. The third-order valence-corrected chi connectivity index (χ3v) is 4.96. The molecule has 3 atom stereocenters. The fraction of sp³-hybridized carbons (Fsp3) is 0.625. The quantitative estimate of drug-likeness (QED) is 0.901. The number of nitrogens with zero attached hydrogens (tertiary/aromatic N) is 1. The first-order valence-electron chi connectivity index (χ1n) is 7.27. The number of hydrogen-bond acceptors (Lipinski definition) is 2. The molecule has 3 unspecified atom stereocenters. The van der Waals surface area contributed by atoms with Crippen LogP contribution in [0.2, 0.25) is 0 Å². The number of fused-ring (bicyclic) bond motifs is 2. The highest BCUT2D eigenvalue weighted by molar-refractivity contribution is 5.48. The van der Waals surface area contributed by atoms with Crippen molar-refractivity contribution in [1.82, 2.24) is 0 Å². The van der Waals surface area contributed by atoms with Gasteiger partial charge in [0.2, 0.25) is 0 Å². The summed E-state index contributed by atoms with van der Waals surface area (Å²) in [7, 11) is 2.03. The monoisotopic (exact) mass is 263 g/mol. The third kappa shape index (κ3) is 2.62. The van der Waals surface area contributed by atoms with Gasteiger partial charge in [0.15, 0.2) is 0 Å². The fourth-order valence-corrected chi connectivity index (χ4v) is 4.00. The van der Waals surface area contributed by atoms with E-state index in [9.17, 15) is 4.39 Å². The molecule has 2 saturated carbocycles. The van der Waals surface area contributed by atoms with Crippen LogP contribution in [0.1, 0.15) is 31.2 Å². The van der Waals surface area contributed by atoms with E-state index in [0.29, 0.717) is 5.56 Å². The predicted octanol–water partition coefficient (Wildman–Crippen LogP) is 3.19. The van der Waals surface area contributed by atoms with Gasteiger partial charge >= 0.3 is 0 Å². The molecule has 1 aromatic carbocycles. The van der Waals surface area contributed by atoms with E-state index in [1.807, 2.05) is 13.1 Å². The zero-order chi connectivity index (χ0) is 13.4. The predicted molar refractivity (Wildman–Crippen MR) is 74.5 cm³/mol. The van der Waals surface area contributed by atoms with Gasteiger partial charge in [0.05, 0.1) is 6.61 Å². The molecule has 0 saturated heterocycles. The largest absolute Gasteiger partial charge is 0.392 e. The Morgan fingerprint density at radius 2 is 2.11 bits per heavy atom. The first-order valence-corrected chi connectivity index (χ1v) is 7.27. The minimum atomic E-state index is -0.263. The van der Waals surface area contributed by atoms with E-state index in [1.165, 1.54) is 31.7 Å². The molecular weight excluding hydrogens is 241 g/mol. The van der Waals surface area contributed by atoms with E-state index in [4.69, 9.17) is 5.11 Å². The molecule has 2 fully saturated rings. The molecule has 2 aliphatic rings. The van der Waals surface area contributed by atoms with Crippen LogP contribution in [0.15, 0.2) is 18.2 Å². The molecule has 0 spiro atoms. The number of aliphatic hydroxyl groups excluding tert-OH is 1. The summed E-state index contributed by atoms with van der Waals surface area (Å²) < 4.78 is 13.5. The van der Waals surface area contributed by atoms with Crippen molar-refractivity contribution in [1.29, 1.82) is 0 Å². The lowest BCUT2D eigenvalue weighted by Crippen LogP contribution is -2.28. The van der Waals surface area contributed by atoms with Crippen LogP contribution in [-0.4, -0.2) is 18.7 Å². The first-order chi connectivity index (χ1) is 9.15. The number of rotatable bonds is 4. The molecule has 2 aliphatic carbocycles. The van der Waals surface area contributed by atoms with E-state index in [-0.39, 0.29) is 12.4 Å². The van der Waals surface area contributed by atoms with Gasteiger partial charge in [-0.25, -0.2) is 4.39 Å². The lowest BCUT2D eigenvalue weighted by Gasteiger charge is -2.28. The zero-order valence-electron chi connectivity index (χ0n) is 11.5. The Hall–Kier alpha value is -1.09. The van der Waals surface area contributed by atoms with Gasteiger partial charge in [-0.3, -0.25) is 0 Å². The summed E-state index contributed by atoms with van der Waals surface area (Å²) in [6.07, 6.45) is 5.55. The van der Waals surface area contributed by atoms with Gasteiger partial charge in [0.25, 0.3) is 0 Å². The number of hydrogen-bond donors (Lipinski definition) is 1. The van der Waals surface area contributed by atoms with Crippen molar-refractivity contribution in [3.05, 3.63) is 29.6 Å². The minimum absolute atomic E-state index is 0.104. The molecule has 0 heterocycles. The second kappa shape index (κ2) is 5.12. The number of aliphatic hydroxyl groups is 1. The zero-order valence-corrected chi connectivity index (χ0v) is 11.5. The number of halogens is 1. The van der Waals surface area contributed by atoms with E-state index in [2.05, 4.69) is 4.90 Å². The highest BCUT2D eigenvalue weighted by Crippen LogP contribution is 2.48. The van der Waals surface area contributed by atoms with Crippen LogP contribution >= 0.6 is 0 Å². The van der Waals surface area contributed by atoms with Gasteiger partial charge in [-0.05, 0) is 60.8 Å². The van der Waals surface area contributed by atoms with Crippen molar-refractivity contribution >= 4 is 5.69 Å². The van der Waals surface area contributed by atoms with E-state index < -0.39 is 0 Å². The van der Waals surface area contributed by atoms with Crippen LogP contribution in [-0.2, 0) is 6.61 Å². The third-order valence-electron chi connectivity index (χ3n) is 4.96. The molecule has 0 aliphatic heterocycles. The summed E-state index contributed by atoms with van der Waals surface area (Å²) in [4.78, 5) is 2.15. The lowest BCUT2D eigenvalue weighted by molar-refractivity contribution is 0.281. The van der Waals surface area contributed by atoms with Gasteiger partial charge < -0.3 is 10.0 Å². The van der Waals surface area contributed by atoms with Crippen molar-refractivity contribution in [2.24, 2.45) is 17.8 Å². The Labute approximate surface area is 114 Å². The van der Waals surface area contributed by atoms with E-state index >= 15 is 0 Å². The second-order valence-electron chi connectivity index (χ2n) is 6.29. The summed E-state index contributed by atoms with van der Waals surface area (Å²) >= 11 is 0. The average Bonchev–Trinajstić information content (AvgIpc) is 3.00. The van der Waals surface area contributed by atoms with Crippen LogP contribution in [0.3, 0.4) is 0 Å². The van der Waals surface area contributed by atoms with Crippen molar-refractivity contribution in [3.63, 3.8) is 0 Å². The SMILES string of the molecule is CN(CC1CC2CCC1C2)c1cc(F)cc(CO)c1. The molecule has 3 heteroatoms. The maximum Gasteiger partial charge on any atom is 0.125 e. The highest BCUT2D eigenvalue weighted by atomic mass is 19.1. The Kier molecular flexibility index (Phi) is 3.48. The van der Waals surface area contributed by atoms with Crippen LogP contribution < -0.4 is 4.90 Å². The molecule has 19 heavy (non-hydrogen) atoms. The highest BCUT2D eigenvalue weighted by Gasteiger charge is 2.39. The van der Waals surface area contributed by atoms with Crippen molar-refractivity contribution in [2.45, 2.75) is 32.3 Å². The molecule has 1 N–H and O–H groups in total. The van der Waals surface area contributed by atoms with Crippen LogP contribution in [0.25, 0.3) is 0 Å². The van der Waals surface area contributed by atoms with Gasteiger partial charge in [0, 0.05) is 19.3 Å². The van der Waals surface area contributed by atoms with Crippen molar-refractivity contribution in [2.75, 3.05) is 18.5 Å². The van der Waals surface area contributed by atoms with Gasteiger partial charge in [0.1, 0.15) is 5.82 Å². The molecule has 0 aromatic heterocycles. The van der Waals surface area contributed by atoms with Gasteiger partial charge in [-0.15, -0.1) is 0 Å².